The molecule has 0 bridgehead atoms. The highest BCUT2D eigenvalue weighted by Crippen LogP contribution is 2.28. The van der Waals surface area contributed by atoms with Gasteiger partial charge in [-0.25, -0.2) is 0 Å². The van der Waals surface area contributed by atoms with Gasteiger partial charge < -0.3 is 14.2 Å². The summed E-state index contributed by atoms with van der Waals surface area (Å²) >= 11 is 0. The molecule has 0 fully saturated rings. The summed E-state index contributed by atoms with van der Waals surface area (Å²) in [5.74, 6) is -2.49. The number of benzene rings is 2. The molecule has 6 nitrogen and oxygen atoms in total. The van der Waals surface area contributed by atoms with Crippen molar-refractivity contribution in [2.45, 2.75) is 27.2 Å². The van der Waals surface area contributed by atoms with Crippen LogP contribution in [0.3, 0.4) is 0 Å². The van der Waals surface area contributed by atoms with Crippen LogP contribution in [-0.2, 0) is 23.9 Å². The van der Waals surface area contributed by atoms with E-state index in [1.54, 1.807) is 32.1 Å². The number of hydrogen-bond acceptors (Lipinski definition) is 6. The third kappa shape index (κ3) is 6.81. The van der Waals surface area contributed by atoms with Gasteiger partial charge in [0, 0.05) is 6.92 Å². The molecule has 2 rings (SSSR count). The number of rotatable bonds is 10. The molecule has 6 heteroatoms. The molecule has 0 amide bonds. The van der Waals surface area contributed by atoms with Gasteiger partial charge in [-0.2, -0.15) is 0 Å². The first-order valence-electron chi connectivity index (χ1n) is 10.2. The minimum atomic E-state index is -1.03. The van der Waals surface area contributed by atoms with Gasteiger partial charge in [0.15, 0.2) is 5.92 Å². The topological polar surface area (TPSA) is 78.9 Å². The highest BCUT2D eigenvalue weighted by atomic mass is 16.6. The second kappa shape index (κ2) is 11.7. The van der Waals surface area contributed by atoms with E-state index in [2.05, 4.69) is 6.58 Å². The summed E-state index contributed by atoms with van der Waals surface area (Å²) in [7, 11) is 0. The fourth-order valence-electron chi connectivity index (χ4n) is 3.20. The Bertz CT molecular complexity index is 957. The molecule has 0 N–H and O–H groups in total. The highest BCUT2D eigenvalue weighted by molar-refractivity contribution is 5.95. The second-order valence-corrected chi connectivity index (χ2v) is 6.88. The van der Waals surface area contributed by atoms with E-state index in [0.29, 0.717) is 5.75 Å². The number of fused-ring (bicyclic) bond motifs is 1. The molecule has 31 heavy (non-hydrogen) atoms. The average molecular weight is 424 g/mol. The lowest BCUT2D eigenvalue weighted by Crippen LogP contribution is -2.29. The first-order valence-corrected chi connectivity index (χ1v) is 10.2. The Hall–Kier alpha value is -3.41. The van der Waals surface area contributed by atoms with E-state index >= 15 is 0 Å². The Morgan fingerprint density at radius 2 is 1.68 bits per heavy atom. The first-order chi connectivity index (χ1) is 14.9. The SMILES string of the molecule is C=CC(/C=C/c1cc(OC(C)=O)cc2ccccc12)CC(C(=O)OCC)C(=O)OCC. The van der Waals surface area contributed by atoms with Gasteiger partial charge in [0.1, 0.15) is 5.75 Å². The summed E-state index contributed by atoms with van der Waals surface area (Å²) in [5, 5.41) is 1.90. The van der Waals surface area contributed by atoms with Crippen LogP contribution in [0, 0.1) is 11.8 Å². The molecule has 0 spiro atoms. The Morgan fingerprint density at radius 3 is 2.26 bits per heavy atom. The van der Waals surface area contributed by atoms with Crippen molar-refractivity contribution in [1.82, 2.24) is 0 Å². The summed E-state index contributed by atoms with van der Waals surface area (Å²) in [5.41, 5.74) is 0.838. The normalized spacial score (nSPS) is 12.0. The van der Waals surface area contributed by atoms with Crippen molar-refractivity contribution >= 4 is 34.8 Å². The van der Waals surface area contributed by atoms with Crippen molar-refractivity contribution in [3.05, 3.63) is 60.7 Å². The van der Waals surface area contributed by atoms with Gasteiger partial charge >= 0.3 is 17.9 Å². The van der Waals surface area contributed by atoms with Crippen LogP contribution in [0.15, 0.2) is 55.1 Å². The minimum absolute atomic E-state index is 0.179. The minimum Gasteiger partial charge on any atom is -0.465 e. The number of carbonyl (C=O) groups is 3. The van der Waals surface area contributed by atoms with Crippen molar-refractivity contribution in [2.75, 3.05) is 13.2 Å². The van der Waals surface area contributed by atoms with E-state index < -0.39 is 23.8 Å². The standard InChI is InChI=1S/C25H28O6/c1-5-18(14-23(24(27)29-6-2)25(28)30-7-3)12-13-20-16-21(31-17(4)26)15-19-10-8-9-11-22(19)20/h5,8-13,15-16,18,23H,1,6-7,14H2,2-4H3/b13-12+. The molecule has 0 saturated carbocycles. The number of esters is 3. The van der Waals surface area contributed by atoms with Gasteiger partial charge in [0.05, 0.1) is 13.2 Å². The largest absolute Gasteiger partial charge is 0.465 e. The Balaban J connectivity index is 2.33. The Labute approximate surface area is 182 Å². The Morgan fingerprint density at radius 1 is 1.03 bits per heavy atom. The van der Waals surface area contributed by atoms with Gasteiger partial charge in [-0.3, -0.25) is 14.4 Å². The van der Waals surface area contributed by atoms with Gasteiger partial charge in [0.25, 0.3) is 0 Å². The monoisotopic (exact) mass is 424 g/mol. The number of hydrogen-bond donors (Lipinski definition) is 0. The van der Waals surface area contributed by atoms with E-state index in [-0.39, 0.29) is 25.6 Å². The van der Waals surface area contributed by atoms with Gasteiger partial charge in [-0.15, -0.1) is 6.58 Å². The molecule has 1 unspecified atom stereocenters. The smallest absolute Gasteiger partial charge is 0.320 e. The molecule has 0 radical (unpaired) electrons. The molecule has 2 aromatic carbocycles. The predicted octanol–water partition coefficient (Wildman–Crippen LogP) is 4.71. The fraction of sp³-hybridized carbons (Fsp3) is 0.320. The molecule has 1 atom stereocenters. The van der Waals surface area contributed by atoms with E-state index in [1.807, 2.05) is 36.4 Å². The van der Waals surface area contributed by atoms with Crippen LogP contribution in [-0.4, -0.2) is 31.1 Å². The zero-order chi connectivity index (χ0) is 22.8. The zero-order valence-electron chi connectivity index (χ0n) is 18.1. The molecule has 0 aliphatic carbocycles. The number of ether oxygens (including phenoxy) is 3. The molecule has 164 valence electrons. The maximum absolute atomic E-state index is 12.3. The summed E-state index contributed by atoms with van der Waals surface area (Å²) in [6, 6.07) is 11.3. The van der Waals surface area contributed by atoms with Crippen LogP contribution < -0.4 is 4.74 Å². The molecule has 0 saturated heterocycles. The highest BCUT2D eigenvalue weighted by Gasteiger charge is 2.31. The quantitative estimate of drug-likeness (QED) is 0.238. The maximum atomic E-state index is 12.3. The van der Waals surface area contributed by atoms with Crippen molar-refractivity contribution in [3.8, 4) is 5.75 Å². The van der Waals surface area contributed by atoms with Crippen LogP contribution in [0.2, 0.25) is 0 Å². The predicted molar refractivity (Wildman–Crippen MR) is 119 cm³/mol. The number of allylic oxidation sites excluding steroid dienone is 2. The van der Waals surface area contributed by atoms with E-state index in [4.69, 9.17) is 14.2 Å². The summed E-state index contributed by atoms with van der Waals surface area (Å²) in [6.07, 6.45) is 5.58. The Kier molecular flexibility index (Phi) is 9.00. The molecule has 0 aromatic heterocycles. The summed E-state index contributed by atoms with van der Waals surface area (Å²) in [6.45, 7) is 8.91. The molecule has 0 aliphatic rings. The van der Waals surface area contributed by atoms with Crippen LogP contribution in [0.5, 0.6) is 5.75 Å². The lowest BCUT2D eigenvalue weighted by atomic mass is 9.93. The van der Waals surface area contributed by atoms with Gasteiger partial charge in [-0.05, 0) is 54.7 Å². The second-order valence-electron chi connectivity index (χ2n) is 6.88. The molecular formula is C25H28O6. The number of carbonyl (C=O) groups excluding carboxylic acids is 3. The fourth-order valence-corrected chi connectivity index (χ4v) is 3.20. The van der Waals surface area contributed by atoms with Crippen molar-refractivity contribution in [3.63, 3.8) is 0 Å². The van der Waals surface area contributed by atoms with Crippen LogP contribution in [0.25, 0.3) is 16.8 Å². The molecular weight excluding hydrogens is 396 g/mol. The zero-order valence-corrected chi connectivity index (χ0v) is 18.1. The van der Waals surface area contributed by atoms with Crippen molar-refractivity contribution < 1.29 is 28.6 Å². The molecule has 0 aliphatic heterocycles. The van der Waals surface area contributed by atoms with Crippen molar-refractivity contribution in [2.24, 2.45) is 11.8 Å². The third-order valence-electron chi connectivity index (χ3n) is 4.60. The maximum Gasteiger partial charge on any atom is 0.320 e. The van der Waals surface area contributed by atoms with Gasteiger partial charge in [-0.1, -0.05) is 42.5 Å². The molecule has 2 aromatic rings. The van der Waals surface area contributed by atoms with Crippen LogP contribution in [0.4, 0.5) is 0 Å². The van der Waals surface area contributed by atoms with Crippen LogP contribution >= 0.6 is 0 Å². The lowest BCUT2D eigenvalue weighted by Gasteiger charge is -2.17. The average Bonchev–Trinajstić information content (AvgIpc) is 2.73. The summed E-state index contributed by atoms with van der Waals surface area (Å²) in [4.78, 5) is 35.9. The van der Waals surface area contributed by atoms with Crippen LogP contribution in [0.1, 0.15) is 32.8 Å². The van der Waals surface area contributed by atoms with E-state index in [1.165, 1.54) is 6.92 Å². The van der Waals surface area contributed by atoms with Gasteiger partial charge in [0.2, 0.25) is 0 Å². The first kappa shape index (κ1) is 23.9. The van der Waals surface area contributed by atoms with E-state index in [9.17, 15) is 14.4 Å². The third-order valence-corrected chi connectivity index (χ3v) is 4.60. The van der Waals surface area contributed by atoms with Crippen molar-refractivity contribution in [1.29, 1.82) is 0 Å². The summed E-state index contributed by atoms with van der Waals surface area (Å²) < 4.78 is 15.3. The lowest BCUT2D eigenvalue weighted by molar-refractivity contribution is -0.162. The van der Waals surface area contributed by atoms with E-state index in [0.717, 1.165) is 16.3 Å². The molecule has 0 heterocycles.